The Labute approximate surface area is 246 Å². The maximum Gasteiger partial charge on any atom is 0.343 e. The quantitative estimate of drug-likeness (QED) is 0.0844. The molecule has 2 N–H and O–H groups in total. The molecular formula is C29H17BrCl3N3O3. The number of amides is 1. The minimum Gasteiger partial charge on any atom is -0.422 e. The molecule has 194 valence electrons. The van der Waals surface area contributed by atoms with E-state index in [-0.39, 0.29) is 11.4 Å². The molecule has 6 nitrogen and oxygen atoms in total. The Kier molecular flexibility index (Phi) is 8.04. The van der Waals surface area contributed by atoms with Crippen LogP contribution < -0.4 is 10.2 Å². The number of carbonyl (C=O) groups excluding carboxylic acids is 2. The number of benzene rings is 4. The van der Waals surface area contributed by atoms with Crippen molar-refractivity contribution < 1.29 is 14.3 Å². The minimum atomic E-state index is -0.561. The summed E-state index contributed by atoms with van der Waals surface area (Å²) < 4.78 is 6.30. The fraction of sp³-hybridized carbons (Fsp3) is 0. The van der Waals surface area contributed by atoms with E-state index >= 15 is 0 Å². The summed E-state index contributed by atoms with van der Waals surface area (Å²) in [5, 5.41) is 6.15. The molecular weight excluding hydrogens is 625 g/mol. The molecule has 1 amide bonds. The Hall–Kier alpha value is -3.62. The monoisotopic (exact) mass is 639 g/mol. The molecule has 5 rings (SSSR count). The first-order valence-corrected chi connectivity index (χ1v) is 13.4. The van der Waals surface area contributed by atoms with Gasteiger partial charge in [0.2, 0.25) is 0 Å². The Morgan fingerprint density at radius 2 is 1.64 bits per heavy atom. The van der Waals surface area contributed by atoms with E-state index in [4.69, 9.17) is 39.5 Å². The lowest BCUT2D eigenvalue weighted by molar-refractivity contribution is 0.0734. The number of carbonyl (C=O) groups is 2. The molecule has 0 atom stereocenters. The van der Waals surface area contributed by atoms with E-state index in [0.29, 0.717) is 42.7 Å². The summed E-state index contributed by atoms with van der Waals surface area (Å²) in [5.74, 6) is -0.801. The van der Waals surface area contributed by atoms with E-state index in [2.05, 4.69) is 31.4 Å². The predicted molar refractivity (Wildman–Crippen MR) is 159 cm³/mol. The van der Waals surface area contributed by atoms with Crippen LogP contribution >= 0.6 is 50.7 Å². The van der Waals surface area contributed by atoms with Gasteiger partial charge in [0, 0.05) is 36.5 Å². The van der Waals surface area contributed by atoms with Crippen LogP contribution in [0.15, 0.2) is 94.5 Å². The highest BCUT2D eigenvalue weighted by Gasteiger charge is 2.21. The van der Waals surface area contributed by atoms with Crippen molar-refractivity contribution in [1.29, 1.82) is 0 Å². The molecule has 0 aliphatic heterocycles. The van der Waals surface area contributed by atoms with Crippen LogP contribution in [0.2, 0.25) is 15.1 Å². The summed E-state index contributed by atoms with van der Waals surface area (Å²) >= 11 is 22.0. The van der Waals surface area contributed by atoms with Crippen LogP contribution in [0.3, 0.4) is 0 Å². The lowest BCUT2D eigenvalue weighted by atomic mass is 10.0. The van der Waals surface area contributed by atoms with Gasteiger partial charge >= 0.3 is 5.97 Å². The van der Waals surface area contributed by atoms with Gasteiger partial charge in [-0.15, -0.1) is 0 Å². The van der Waals surface area contributed by atoms with Crippen LogP contribution in [0.4, 0.5) is 0 Å². The molecule has 39 heavy (non-hydrogen) atoms. The van der Waals surface area contributed by atoms with Gasteiger partial charge in [-0.05, 0) is 60.2 Å². The number of ether oxygens (including phenoxy) is 1. The Morgan fingerprint density at radius 1 is 0.897 bits per heavy atom. The third-order valence-corrected chi connectivity index (χ3v) is 6.99. The van der Waals surface area contributed by atoms with Crippen LogP contribution in [0.25, 0.3) is 22.0 Å². The first kappa shape index (κ1) is 27.0. The first-order chi connectivity index (χ1) is 18.8. The van der Waals surface area contributed by atoms with Crippen molar-refractivity contribution >= 4 is 79.7 Å². The number of hydrogen-bond donors (Lipinski definition) is 2. The van der Waals surface area contributed by atoms with E-state index in [1.54, 1.807) is 54.6 Å². The molecule has 0 unspecified atom stereocenters. The van der Waals surface area contributed by atoms with Gasteiger partial charge in [0.1, 0.15) is 11.4 Å². The lowest BCUT2D eigenvalue weighted by Crippen LogP contribution is -2.19. The molecule has 1 aromatic heterocycles. The van der Waals surface area contributed by atoms with Crippen LogP contribution in [0.1, 0.15) is 26.4 Å². The number of H-pyrrole nitrogens is 1. The van der Waals surface area contributed by atoms with E-state index in [1.807, 2.05) is 30.3 Å². The van der Waals surface area contributed by atoms with Crippen molar-refractivity contribution in [2.24, 2.45) is 5.10 Å². The number of nitrogens with one attached hydrogen (secondary N) is 2. The summed E-state index contributed by atoms with van der Waals surface area (Å²) in [7, 11) is 0. The van der Waals surface area contributed by atoms with Gasteiger partial charge in [-0.3, -0.25) is 4.79 Å². The number of hydrogen-bond acceptors (Lipinski definition) is 4. The van der Waals surface area contributed by atoms with Crippen molar-refractivity contribution in [3.63, 3.8) is 0 Å². The average Bonchev–Trinajstić information content (AvgIpc) is 3.31. The van der Waals surface area contributed by atoms with E-state index in [1.165, 1.54) is 6.21 Å². The fourth-order valence-corrected chi connectivity index (χ4v) is 5.08. The van der Waals surface area contributed by atoms with Gasteiger partial charge in [0.25, 0.3) is 5.91 Å². The average molecular weight is 642 g/mol. The number of nitrogens with zero attached hydrogens (tertiary/aromatic N) is 1. The first-order valence-electron chi connectivity index (χ1n) is 11.5. The zero-order valence-electron chi connectivity index (χ0n) is 19.8. The molecule has 0 aliphatic carbocycles. The highest BCUT2D eigenvalue weighted by atomic mass is 79.9. The Morgan fingerprint density at radius 3 is 2.38 bits per heavy atom. The molecule has 5 aromatic rings. The van der Waals surface area contributed by atoms with Gasteiger partial charge in [0.05, 0.1) is 16.8 Å². The van der Waals surface area contributed by atoms with Gasteiger partial charge in [-0.25, -0.2) is 10.2 Å². The number of rotatable bonds is 6. The smallest absolute Gasteiger partial charge is 0.343 e. The zero-order valence-corrected chi connectivity index (χ0v) is 23.7. The molecule has 4 aromatic carbocycles. The maximum atomic E-state index is 13.3. The Balaban J connectivity index is 1.43. The number of esters is 1. The van der Waals surface area contributed by atoms with Crippen molar-refractivity contribution in [3.8, 4) is 16.9 Å². The van der Waals surface area contributed by atoms with Crippen molar-refractivity contribution in [3.05, 3.63) is 121 Å². The van der Waals surface area contributed by atoms with E-state index in [9.17, 15) is 9.59 Å². The van der Waals surface area contributed by atoms with Crippen LogP contribution in [0.5, 0.6) is 5.75 Å². The maximum absolute atomic E-state index is 13.3. The second kappa shape index (κ2) is 11.6. The van der Waals surface area contributed by atoms with Gasteiger partial charge in [0.15, 0.2) is 0 Å². The number of aromatic nitrogens is 1. The molecule has 0 bridgehead atoms. The molecule has 10 heteroatoms. The summed E-state index contributed by atoms with van der Waals surface area (Å²) in [6.45, 7) is 0. The van der Waals surface area contributed by atoms with Gasteiger partial charge < -0.3 is 9.72 Å². The number of halogens is 4. The summed E-state index contributed by atoms with van der Waals surface area (Å²) in [4.78, 5) is 29.0. The van der Waals surface area contributed by atoms with Crippen molar-refractivity contribution in [2.75, 3.05) is 0 Å². The van der Waals surface area contributed by atoms with Crippen molar-refractivity contribution in [2.45, 2.75) is 0 Å². The van der Waals surface area contributed by atoms with E-state index in [0.717, 1.165) is 10.0 Å². The van der Waals surface area contributed by atoms with Crippen LogP contribution in [-0.4, -0.2) is 23.1 Å². The Bertz CT molecular complexity index is 1740. The molecule has 0 saturated carbocycles. The van der Waals surface area contributed by atoms with Gasteiger partial charge in [-0.2, -0.15) is 5.10 Å². The van der Waals surface area contributed by atoms with Crippen LogP contribution in [0, 0.1) is 0 Å². The normalized spacial score (nSPS) is 11.2. The summed E-state index contributed by atoms with van der Waals surface area (Å²) in [6.07, 6.45) is 1.39. The van der Waals surface area contributed by atoms with E-state index < -0.39 is 11.9 Å². The third kappa shape index (κ3) is 6.02. The van der Waals surface area contributed by atoms with Gasteiger partial charge in [-0.1, -0.05) is 81.1 Å². The number of aromatic amines is 1. The molecule has 1 heterocycles. The standard InChI is InChI=1S/C29H17BrCl3N3O3/c30-19-8-11-24(39-29(38)17-6-9-20(31)10-7-17)18(12-19)15-34-36-28(37)27-25(16-4-2-1-3-5-16)26-22(33)13-21(32)14-23(26)35-27/h1-15,35H,(H,36,37). The topological polar surface area (TPSA) is 83.5 Å². The number of fused-ring (bicyclic) bond motifs is 1. The second-order valence-corrected chi connectivity index (χ2v) is 10.5. The molecule has 0 aliphatic rings. The van der Waals surface area contributed by atoms with Crippen LogP contribution in [-0.2, 0) is 0 Å². The molecule has 0 radical (unpaired) electrons. The molecule has 0 saturated heterocycles. The highest BCUT2D eigenvalue weighted by Crippen LogP contribution is 2.38. The number of hydrazone groups is 1. The second-order valence-electron chi connectivity index (χ2n) is 8.33. The minimum absolute atomic E-state index is 0.258. The summed E-state index contributed by atoms with van der Waals surface area (Å²) in [6, 6.07) is 24.1. The zero-order chi connectivity index (χ0) is 27.5. The SMILES string of the molecule is O=C(Oc1ccc(Br)cc1C=NNC(=O)c1[nH]c2cc(Cl)cc(Cl)c2c1-c1ccccc1)c1ccc(Cl)cc1. The third-order valence-electron chi connectivity index (χ3n) is 5.73. The predicted octanol–water partition coefficient (Wildman–Crippen LogP) is 8.54. The van der Waals surface area contributed by atoms with Crippen molar-refractivity contribution in [1.82, 2.24) is 10.4 Å². The molecule has 0 spiro atoms. The summed E-state index contributed by atoms with van der Waals surface area (Å²) in [5.41, 5.74) is 5.64. The largest absolute Gasteiger partial charge is 0.422 e. The highest BCUT2D eigenvalue weighted by molar-refractivity contribution is 9.10. The molecule has 0 fully saturated rings. The lowest BCUT2D eigenvalue weighted by Gasteiger charge is -2.08. The fourth-order valence-electron chi connectivity index (χ4n) is 3.99.